The quantitative estimate of drug-likeness (QED) is 0.146. The van der Waals surface area contributed by atoms with Gasteiger partial charge in [0.05, 0.1) is 12.6 Å². The van der Waals surface area contributed by atoms with Crippen molar-refractivity contribution in [3.63, 3.8) is 0 Å². The highest BCUT2D eigenvalue weighted by Crippen LogP contribution is 2.41. The van der Waals surface area contributed by atoms with Crippen molar-refractivity contribution >= 4 is 41.3 Å². The summed E-state index contributed by atoms with van der Waals surface area (Å²) in [5, 5.41) is 0. The second-order valence-electron chi connectivity index (χ2n) is 13.8. The molecule has 0 spiro atoms. The first-order chi connectivity index (χ1) is 25.2. The number of carbonyl (C=O) groups is 4. The average molecular weight is 720 g/mol. The van der Waals surface area contributed by atoms with E-state index in [9.17, 15) is 19.2 Å². The smallest absolute Gasteiger partial charge is 0.409 e. The second kappa shape index (κ2) is 17.9. The SMILES string of the molecule is CCOC(=O)C1(C(=O)N2CCCC2COC(=O)N2CCN(c3nc(N(CC)CC)nc(N(CC)CC)c3C(=O)c3ccccc3)CC2)CCCCC1. The summed E-state index contributed by atoms with van der Waals surface area (Å²) in [6.45, 7) is 15.3. The summed E-state index contributed by atoms with van der Waals surface area (Å²) in [7, 11) is 0. The lowest BCUT2D eigenvalue weighted by Crippen LogP contribution is -2.53. The van der Waals surface area contributed by atoms with Gasteiger partial charge in [-0.15, -0.1) is 0 Å². The van der Waals surface area contributed by atoms with Crippen molar-refractivity contribution in [1.29, 1.82) is 0 Å². The average Bonchev–Trinajstić information content (AvgIpc) is 3.66. The fourth-order valence-electron chi connectivity index (χ4n) is 7.83. The highest BCUT2D eigenvalue weighted by Gasteiger charge is 2.51. The molecule has 1 unspecified atom stereocenters. The van der Waals surface area contributed by atoms with E-state index in [0.29, 0.717) is 107 Å². The Bertz CT molecular complexity index is 1530. The first-order valence-electron chi connectivity index (χ1n) is 19.4. The predicted molar refractivity (Wildman–Crippen MR) is 201 cm³/mol. The Morgan fingerprint density at radius 1 is 0.788 bits per heavy atom. The molecule has 0 N–H and O–H groups in total. The zero-order valence-corrected chi connectivity index (χ0v) is 31.8. The Morgan fingerprint density at radius 3 is 2.06 bits per heavy atom. The van der Waals surface area contributed by atoms with E-state index < -0.39 is 17.5 Å². The van der Waals surface area contributed by atoms with E-state index in [2.05, 4.69) is 42.4 Å². The number of amides is 2. The molecule has 1 aromatic heterocycles. The standard InChI is InChI=1S/C39H57N7O6/c1-6-42(7-2)33-31(32(47)29-18-13-11-14-19-29)34(41-37(40-33)43(8-3)9-4)44-24-26-45(27-25-44)38(50)52-28-30-20-17-23-46(30)35(48)39(36(49)51-10-5)21-15-12-16-22-39/h11,13-14,18-19,30H,6-10,12,15-17,20-28H2,1-5H3. The summed E-state index contributed by atoms with van der Waals surface area (Å²) in [5.74, 6) is 1.00. The molecule has 2 aliphatic heterocycles. The summed E-state index contributed by atoms with van der Waals surface area (Å²) in [6.07, 6.45) is 4.68. The zero-order chi connectivity index (χ0) is 37.3. The fourth-order valence-corrected chi connectivity index (χ4v) is 7.83. The van der Waals surface area contributed by atoms with Gasteiger partial charge in [-0.05, 0) is 60.3 Å². The van der Waals surface area contributed by atoms with Crippen molar-refractivity contribution in [2.75, 3.05) is 86.8 Å². The number of benzene rings is 1. The second-order valence-corrected chi connectivity index (χ2v) is 13.8. The number of hydrogen-bond donors (Lipinski definition) is 0. The fraction of sp³-hybridized carbons (Fsp3) is 0.641. The van der Waals surface area contributed by atoms with E-state index in [1.54, 1.807) is 16.7 Å². The lowest BCUT2D eigenvalue weighted by Gasteiger charge is -2.39. The molecular formula is C39H57N7O6. The first kappa shape index (κ1) is 38.8. The van der Waals surface area contributed by atoms with Crippen LogP contribution in [0.5, 0.6) is 0 Å². The number of likely N-dealkylation sites (tertiary alicyclic amines) is 1. The molecule has 3 heterocycles. The Hall–Kier alpha value is -4.42. The van der Waals surface area contributed by atoms with Crippen LogP contribution in [0.4, 0.5) is 22.4 Å². The molecule has 3 fully saturated rings. The van der Waals surface area contributed by atoms with E-state index in [1.165, 1.54) is 0 Å². The minimum Gasteiger partial charge on any atom is -0.465 e. The molecule has 3 aliphatic rings. The van der Waals surface area contributed by atoms with Crippen LogP contribution in [0.1, 0.15) is 95.5 Å². The number of nitrogens with zero attached hydrogens (tertiary/aromatic N) is 7. The number of carbonyl (C=O) groups excluding carboxylic acids is 4. The Balaban J connectivity index is 1.32. The molecule has 1 aromatic carbocycles. The van der Waals surface area contributed by atoms with Gasteiger partial charge >= 0.3 is 12.1 Å². The van der Waals surface area contributed by atoms with Gasteiger partial charge < -0.3 is 34.0 Å². The van der Waals surface area contributed by atoms with Crippen molar-refractivity contribution in [3.8, 4) is 0 Å². The van der Waals surface area contributed by atoms with E-state index in [-0.39, 0.29) is 30.9 Å². The molecule has 0 radical (unpaired) electrons. The number of esters is 1. The van der Waals surface area contributed by atoms with Gasteiger partial charge in [-0.2, -0.15) is 9.97 Å². The highest BCUT2D eigenvalue weighted by atomic mass is 16.6. The topological polar surface area (TPSA) is 129 Å². The van der Waals surface area contributed by atoms with Crippen LogP contribution in [0, 0.1) is 5.41 Å². The lowest BCUT2D eigenvalue weighted by molar-refractivity contribution is -0.168. The summed E-state index contributed by atoms with van der Waals surface area (Å²) < 4.78 is 11.3. The van der Waals surface area contributed by atoms with E-state index in [1.807, 2.05) is 30.3 Å². The third kappa shape index (κ3) is 8.13. The van der Waals surface area contributed by atoms with Gasteiger partial charge in [0, 0.05) is 64.5 Å². The number of ether oxygens (including phenoxy) is 2. The summed E-state index contributed by atoms with van der Waals surface area (Å²) in [5.41, 5.74) is -0.115. The maximum absolute atomic E-state index is 14.3. The lowest BCUT2D eigenvalue weighted by atomic mass is 9.72. The Labute approximate surface area is 308 Å². The molecule has 2 amide bonds. The molecule has 1 atom stereocenters. The molecule has 1 aliphatic carbocycles. The first-order valence-corrected chi connectivity index (χ1v) is 19.4. The van der Waals surface area contributed by atoms with Crippen LogP contribution in [-0.2, 0) is 19.1 Å². The van der Waals surface area contributed by atoms with Gasteiger partial charge in [0.25, 0.3) is 0 Å². The molecule has 13 nitrogen and oxygen atoms in total. The van der Waals surface area contributed by atoms with Crippen LogP contribution in [0.3, 0.4) is 0 Å². The van der Waals surface area contributed by atoms with Crippen molar-refractivity contribution in [3.05, 3.63) is 41.5 Å². The molecular weight excluding hydrogens is 662 g/mol. The number of aromatic nitrogens is 2. The Morgan fingerprint density at radius 2 is 1.44 bits per heavy atom. The third-order valence-corrected chi connectivity index (χ3v) is 10.9. The van der Waals surface area contributed by atoms with Crippen LogP contribution in [0.25, 0.3) is 0 Å². The summed E-state index contributed by atoms with van der Waals surface area (Å²) in [4.78, 5) is 74.5. The van der Waals surface area contributed by atoms with Gasteiger partial charge in [0.15, 0.2) is 0 Å². The molecule has 52 heavy (non-hydrogen) atoms. The van der Waals surface area contributed by atoms with Crippen LogP contribution < -0.4 is 14.7 Å². The summed E-state index contributed by atoms with van der Waals surface area (Å²) in [6, 6.07) is 8.95. The van der Waals surface area contributed by atoms with Crippen LogP contribution in [0.15, 0.2) is 30.3 Å². The van der Waals surface area contributed by atoms with Gasteiger partial charge in [-0.25, -0.2) is 4.79 Å². The number of ketones is 1. The number of piperazine rings is 1. The number of hydrogen-bond acceptors (Lipinski definition) is 11. The van der Waals surface area contributed by atoms with Crippen molar-refractivity contribution in [1.82, 2.24) is 19.8 Å². The van der Waals surface area contributed by atoms with Crippen LogP contribution in [-0.4, -0.2) is 122 Å². The zero-order valence-electron chi connectivity index (χ0n) is 31.8. The van der Waals surface area contributed by atoms with E-state index in [4.69, 9.17) is 19.4 Å². The molecule has 1 saturated carbocycles. The van der Waals surface area contributed by atoms with Gasteiger partial charge in [0.2, 0.25) is 17.6 Å². The largest absolute Gasteiger partial charge is 0.465 e. The number of anilines is 3. The molecule has 13 heteroatoms. The van der Waals surface area contributed by atoms with Gasteiger partial charge in [0.1, 0.15) is 29.2 Å². The monoisotopic (exact) mass is 719 g/mol. The highest BCUT2D eigenvalue weighted by molar-refractivity contribution is 6.15. The van der Waals surface area contributed by atoms with Crippen molar-refractivity contribution in [2.45, 2.75) is 85.6 Å². The maximum Gasteiger partial charge on any atom is 0.409 e. The van der Waals surface area contributed by atoms with Gasteiger partial charge in [-0.3, -0.25) is 14.4 Å². The minimum atomic E-state index is -1.14. The molecule has 284 valence electrons. The molecule has 2 saturated heterocycles. The predicted octanol–water partition coefficient (Wildman–Crippen LogP) is 5.16. The van der Waals surface area contributed by atoms with Crippen molar-refractivity contribution in [2.24, 2.45) is 5.41 Å². The summed E-state index contributed by atoms with van der Waals surface area (Å²) >= 11 is 0. The van der Waals surface area contributed by atoms with E-state index >= 15 is 0 Å². The number of rotatable bonds is 14. The molecule has 5 rings (SSSR count). The van der Waals surface area contributed by atoms with Crippen LogP contribution >= 0.6 is 0 Å². The van der Waals surface area contributed by atoms with Gasteiger partial charge in [-0.1, -0.05) is 49.6 Å². The van der Waals surface area contributed by atoms with Crippen LogP contribution in [0.2, 0.25) is 0 Å². The molecule has 2 aromatic rings. The third-order valence-electron chi connectivity index (χ3n) is 10.9. The van der Waals surface area contributed by atoms with Crippen molar-refractivity contribution < 1.29 is 28.7 Å². The minimum absolute atomic E-state index is 0.0752. The normalized spacial score (nSPS) is 18.6. The molecule has 0 bridgehead atoms. The Kier molecular flexibility index (Phi) is 13.3. The van der Waals surface area contributed by atoms with E-state index in [0.717, 1.165) is 25.7 Å². The maximum atomic E-state index is 14.3.